The van der Waals surface area contributed by atoms with Crippen molar-refractivity contribution >= 4 is 53.4 Å². The number of para-hydroxylation sites is 2. The maximum absolute atomic E-state index is 6.49. The summed E-state index contributed by atoms with van der Waals surface area (Å²) in [6, 6.07) is 66.0. The molecule has 0 atom stereocenters. The Hall–Kier alpha value is -8.20. The molecule has 0 saturated carbocycles. The van der Waals surface area contributed by atoms with Crippen LogP contribution in [0.3, 0.4) is 0 Å². The van der Waals surface area contributed by atoms with Crippen molar-refractivity contribution in [3.8, 4) is 79.5 Å². The van der Waals surface area contributed by atoms with E-state index in [4.69, 9.17) is 34.3 Å². The fourth-order valence-corrected chi connectivity index (χ4v) is 9.38. The van der Waals surface area contributed by atoms with E-state index in [0.29, 0.717) is 34.9 Å². The molecule has 8 aromatic carbocycles. The molecule has 0 N–H and O–H groups in total. The lowest BCUT2D eigenvalue weighted by atomic mass is 9.96. The van der Waals surface area contributed by atoms with E-state index >= 15 is 0 Å². The van der Waals surface area contributed by atoms with Crippen molar-refractivity contribution in [2.75, 3.05) is 0 Å². The molecule has 0 aliphatic carbocycles. The molecule has 0 amide bonds. The molecular weight excluding hydrogens is 781 g/mol. The van der Waals surface area contributed by atoms with Gasteiger partial charge in [0.15, 0.2) is 34.9 Å². The topological polar surface area (TPSA) is 90.5 Å². The van der Waals surface area contributed by atoms with Crippen molar-refractivity contribution in [3.05, 3.63) is 194 Å². The molecule has 0 aliphatic rings. The zero-order chi connectivity index (χ0) is 41.0. The minimum atomic E-state index is 0.544. The van der Waals surface area contributed by atoms with Gasteiger partial charge in [-0.2, -0.15) is 0 Å². The highest BCUT2D eigenvalue weighted by molar-refractivity contribution is 7.26. The molecule has 0 saturated heterocycles. The van der Waals surface area contributed by atoms with Crippen LogP contribution in [0.5, 0.6) is 0 Å². The molecule has 0 radical (unpaired) electrons. The van der Waals surface area contributed by atoms with Crippen LogP contribution in [0.2, 0.25) is 0 Å². The molecule has 12 aromatic rings. The fourth-order valence-electron chi connectivity index (χ4n) is 8.21. The van der Waals surface area contributed by atoms with E-state index in [-0.39, 0.29) is 0 Å². The number of aromatic nitrogens is 6. The number of fused-ring (bicyclic) bond motifs is 6. The molecule has 0 aliphatic heterocycles. The van der Waals surface area contributed by atoms with E-state index in [0.717, 1.165) is 71.1 Å². The fraction of sp³-hybridized carbons (Fsp3) is 0. The van der Waals surface area contributed by atoms with Gasteiger partial charge in [0.25, 0.3) is 0 Å². The monoisotopic (exact) mass is 812 g/mol. The second kappa shape index (κ2) is 14.8. The summed E-state index contributed by atoms with van der Waals surface area (Å²) in [5.41, 5.74) is 9.04. The molecule has 62 heavy (non-hydrogen) atoms. The van der Waals surface area contributed by atoms with Crippen LogP contribution in [-0.4, -0.2) is 29.9 Å². The molecular formula is C54H32N6OS. The minimum Gasteiger partial charge on any atom is -0.455 e. The largest absolute Gasteiger partial charge is 0.455 e. The standard InChI is InChI=1S/C54H32N6OS/c1-4-15-34(16-5-1)49-55-50(35-17-6-2-7-18-35)57-52(56-49)37-29-27-33(28-30-37)43-31-38(32-46-47(43)41-22-11-13-26-45(41)62-46)53-58-51(36-19-8-3-9-20-36)59-54(60-53)42-24-14-23-40-39-21-10-12-25-44(39)61-48(40)42/h1-32H. The van der Waals surface area contributed by atoms with Crippen LogP contribution in [0.15, 0.2) is 199 Å². The van der Waals surface area contributed by atoms with Crippen molar-refractivity contribution in [3.63, 3.8) is 0 Å². The van der Waals surface area contributed by atoms with Gasteiger partial charge in [-0.05, 0) is 41.5 Å². The molecule has 4 aromatic heterocycles. The number of furan rings is 1. The Bertz CT molecular complexity index is 3570. The van der Waals surface area contributed by atoms with Gasteiger partial charge in [0.1, 0.15) is 11.2 Å². The smallest absolute Gasteiger partial charge is 0.167 e. The van der Waals surface area contributed by atoms with Gasteiger partial charge < -0.3 is 4.42 Å². The van der Waals surface area contributed by atoms with Gasteiger partial charge in [-0.15, -0.1) is 11.3 Å². The van der Waals surface area contributed by atoms with Gasteiger partial charge in [0, 0.05) is 58.8 Å². The number of hydrogen-bond acceptors (Lipinski definition) is 8. The number of hydrogen-bond donors (Lipinski definition) is 0. The number of thiophene rings is 1. The second-order valence-electron chi connectivity index (χ2n) is 15.1. The Morgan fingerprint density at radius 1 is 0.306 bits per heavy atom. The van der Waals surface area contributed by atoms with Gasteiger partial charge in [0.2, 0.25) is 0 Å². The number of rotatable bonds is 7. The molecule has 0 spiro atoms. The highest BCUT2D eigenvalue weighted by Crippen LogP contribution is 2.43. The third-order valence-electron chi connectivity index (χ3n) is 11.2. The van der Waals surface area contributed by atoms with E-state index in [1.807, 2.05) is 121 Å². The highest BCUT2D eigenvalue weighted by atomic mass is 32.1. The molecule has 7 nitrogen and oxygen atoms in total. The predicted octanol–water partition coefficient (Wildman–Crippen LogP) is 14.0. The maximum atomic E-state index is 6.49. The average molecular weight is 813 g/mol. The molecule has 290 valence electrons. The summed E-state index contributed by atoms with van der Waals surface area (Å²) >= 11 is 1.77. The van der Waals surface area contributed by atoms with Crippen LogP contribution in [-0.2, 0) is 0 Å². The van der Waals surface area contributed by atoms with Crippen LogP contribution in [0.25, 0.3) is 122 Å². The third kappa shape index (κ3) is 6.29. The minimum absolute atomic E-state index is 0.544. The Morgan fingerprint density at radius 2 is 0.774 bits per heavy atom. The number of benzene rings is 8. The van der Waals surface area contributed by atoms with Crippen molar-refractivity contribution in [1.82, 2.24) is 29.9 Å². The summed E-state index contributed by atoms with van der Waals surface area (Å²) in [5, 5.41) is 4.46. The Morgan fingerprint density at radius 3 is 1.39 bits per heavy atom. The van der Waals surface area contributed by atoms with Crippen LogP contribution >= 0.6 is 11.3 Å². The first-order valence-electron chi connectivity index (χ1n) is 20.4. The zero-order valence-corrected chi connectivity index (χ0v) is 33.8. The molecule has 4 heterocycles. The normalized spacial score (nSPS) is 11.5. The highest BCUT2D eigenvalue weighted by Gasteiger charge is 2.21. The lowest BCUT2D eigenvalue weighted by Crippen LogP contribution is -2.00. The Kier molecular flexibility index (Phi) is 8.53. The van der Waals surface area contributed by atoms with Crippen molar-refractivity contribution in [2.45, 2.75) is 0 Å². The van der Waals surface area contributed by atoms with Crippen LogP contribution in [0, 0.1) is 0 Å². The first kappa shape index (κ1) is 35.7. The van der Waals surface area contributed by atoms with E-state index in [2.05, 4.69) is 72.8 Å². The molecule has 8 heteroatoms. The summed E-state index contributed by atoms with van der Waals surface area (Å²) in [6.07, 6.45) is 0. The number of nitrogens with zero attached hydrogens (tertiary/aromatic N) is 6. The van der Waals surface area contributed by atoms with Gasteiger partial charge in [-0.25, -0.2) is 29.9 Å². The molecule has 12 rings (SSSR count). The second-order valence-corrected chi connectivity index (χ2v) is 16.1. The lowest BCUT2D eigenvalue weighted by Gasteiger charge is -2.12. The first-order chi connectivity index (χ1) is 30.7. The summed E-state index contributed by atoms with van der Waals surface area (Å²) in [7, 11) is 0. The predicted molar refractivity (Wildman–Crippen MR) is 251 cm³/mol. The third-order valence-corrected chi connectivity index (χ3v) is 12.3. The van der Waals surface area contributed by atoms with Gasteiger partial charge in [-0.3, -0.25) is 0 Å². The maximum Gasteiger partial charge on any atom is 0.167 e. The van der Waals surface area contributed by atoms with E-state index in [1.54, 1.807) is 11.3 Å². The average Bonchev–Trinajstić information content (AvgIpc) is 3.93. The first-order valence-corrected chi connectivity index (χ1v) is 21.2. The molecule has 0 bridgehead atoms. The van der Waals surface area contributed by atoms with Crippen LogP contribution in [0.4, 0.5) is 0 Å². The van der Waals surface area contributed by atoms with Crippen LogP contribution in [0.1, 0.15) is 0 Å². The van der Waals surface area contributed by atoms with Crippen molar-refractivity contribution in [2.24, 2.45) is 0 Å². The Balaban J connectivity index is 1.03. The van der Waals surface area contributed by atoms with Crippen molar-refractivity contribution < 1.29 is 4.42 Å². The van der Waals surface area contributed by atoms with E-state index in [9.17, 15) is 0 Å². The molecule has 0 unspecified atom stereocenters. The SMILES string of the molecule is c1ccc(-c2nc(-c3ccccc3)nc(-c3ccc(-c4cc(-c5nc(-c6ccccc6)nc(-c6cccc7c6oc6ccccc67)n5)cc5sc6ccccc6c45)cc3)n2)cc1. The van der Waals surface area contributed by atoms with Crippen molar-refractivity contribution in [1.29, 1.82) is 0 Å². The summed E-state index contributed by atoms with van der Waals surface area (Å²) in [6.45, 7) is 0. The molecule has 0 fully saturated rings. The van der Waals surface area contributed by atoms with Gasteiger partial charge in [-0.1, -0.05) is 164 Å². The Labute approximate surface area is 359 Å². The van der Waals surface area contributed by atoms with Crippen LogP contribution < -0.4 is 0 Å². The lowest BCUT2D eigenvalue weighted by molar-refractivity contribution is 0.669. The summed E-state index contributed by atoms with van der Waals surface area (Å²) < 4.78 is 8.84. The van der Waals surface area contributed by atoms with Gasteiger partial charge in [0.05, 0.1) is 5.56 Å². The van der Waals surface area contributed by atoms with E-state index < -0.39 is 0 Å². The zero-order valence-electron chi connectivity index (χ0n) is 33.0. The summed E-state index contributed by atoms with van der Waals surface area (Å²) in [5.74, 6) is 3.56. The summed E-state index contributed by atoms with van der Waals surface area (Å²) in [4.78, 5) is 30.4. The van der Waals surface area contributed by atoms with E-state index in [1.165, 1.54) is 15.5 Å². The van der Waals surface area contributed by atoms with Gasteiger partial charge >= 0.3 is 0 Å². The quantitative estimate of drug-likeness (QED) is 0.158.